The fourth-order valence-corrected chi connectivity index (χ4v) is 3.64. The average Bonchev–Trinajstić information content (AvgIpc) is 3.21. The lowest BCUT2D eigenvalue weighted by molar-refractivity contribution is -0.137. The molecule has 8 nitrogen and oxygen atoms in total. The molecule has 0 bridgehead atoms. The van der Waals surface area contributed by atoms with E-state index >= 15 is 0 Å². The molecule has 0 saturated heterocycles. The van der Waals surface area contributed by atoms with E-state index in [-0.39, 0.29) is 17.1 Å². The van der Waals surface area contributed by atoms with Gasteiger partial charge in [0.25, 0.3) is 5.91 Å². The highest BCUT2D eigenvalue weighted by atomic mass is 35.5. The van der Waals surface area contributed by atoms with Crippen LogP contribution in [0, 0.1) is 5.82 Å². The standard InChI is InChI=1S/C18H13ClF4N6O2S/c1-7(2-10(30)14-13(20)15(24)28-6-27-14)17-26-5-11(32-17)16(31)29-12-3-8(18(21,22)23)9(19)4-25-12/h3-7H,2H2,1H3,(H2,24,27,28)(H,25,29,31). The summed E-state index contributed by atoms with van der Waals surface area (Å²) in [6, 6.07) is 0.617. The average molecular weight is 489 g/mol. The number of anilines is 2. The van der Waals surface area contributed by atoms with Crippen molar-refractivity contribution in [3.63, 3.8) is 0 Å². The summed E-state index contributed by atoms with van der Waals surface area (Å²) in [5.74, 6) is -3.69. The van der Waals surface area contributed by atoms with Crippen LogP contribution in [-0.2, 0) is 6.18 Å². The summed E-state index contributed by atoms with van der Waals surface area (Å²) in [6.45, 7) is 1.64. The quantitative estimate of drug-likeness (QED) is 0.390. The third-order valence-corrected chi connectivity index (χ3v) is 5.67. The second kappa shape index (κ2) is 9.12. The number of amides is 1. The van der Waals surface area contributed by atoms with Crippen LogP contribution in [0.1, 0.15) is 50.0 Å². The molecule has 3 rings (SSSR count). The predicted molar refractivity (Wildman–Crippen MR) is 108 cm³/mol. The van der Waals surface area contributed by atoms with Gasteiger partial charge in [0.1, 0.15) is 22.7 Å². The van der Waals surface area contributed by atoms with Gasteiger partial charge < -0.3 is 11.1 Å². The molecule has 1 amide bonds. The summed E-state index contributed by atoms with van der Waals surface area (Å²) in [7, 11) is 0. The molecule has 0 radical (unpaired) electrons. The maximum absolute atomic E-state index is 13.9. The molecule has 1 atom stereocenters. The molecule has 3 aromatic rings. The van der Waals surface area contributed by atoms with Gasteiger partial charge in [0.05, 0.1) is 21.8 Å². The third-order valence-electron chi connectivity index (χ3n) is 4.14. The maximum atomic E-state index is 13.9. The van der Waals surface area contributed by atoms with Crippen molar-refractivity contribution in [2.75, 3.05) is 11.1 Å². The van der Waals surface area contributed by atoms with Gasteiger partial charge in [0.2, 0.25) is 0 Å². The SMILES string of the molecule is CC(CC(=O)c1ncnc(N)c1F)c1ncc(C(=O)Nc2cc(C(F)(F)F)c(Cl)cn2)s1. The van der Waals surface area contributed by atoms with Crippen LogP contribution >= 0.6 is 22.9 Å². The normalized spacial score (nSPS) is 12.4. The number of nitrogen functional groups attached to an aromatic ring is 1. The summed E-state index contributed by atoms with van der Waals surface area (Å²) in [6.07, 6.45) is -1.93. The number of carbonyl (C=O) groups excluding carboxylic acids is 2. The Balaban J connectivity index is 1.70. The van der Waals surface area contributed by atoms with Crippen molar-refractivity contribution in [1.82, 2.24) is 19.9 Å². The molecular weight excluding hydrogens is 476 g/mol. The summed E-state index contributed by atoms with van der Waals surface area (Å²) < 4.78 is 52.8. The van der Waals surface area contributed by atoms with Gasteiger partial charge >= 0.3 is 6.18 Å². The Hall–Kier alpha value is -3.19. The molecule has 1 unspecified atom stereocenters. The van der Waals surface area contributed by atoms with Gasteiger partial charge in [-0.05, 0) is 6.07 Å². The Morgan fingerprint density at radius 3 is 2.62 bits per heavy atom. The maximum Gasteiger partial charge on any atom is 0.418 e. The van der Waals surface area contributed by atoms with Crippen LogP contribution in [0.2, 0.25) is 5.02 Å². The van der Waals surface area contributed by atoms with Gasteiger partial charge in [-0.1, -0.05) is 18.5 Å². The van der Waals surface area contributed by atoms with Crippen LogP contribution in [0.5, 0.6) is 0 Å². The van der Waals surface area contributed by atoms with E-state index in [4.69, 9.17) is 17.3 Å². The highest BCUT2D eigenvalue weighted by molar-refractivity contribution is 7.13. The highest BCUT2D eigenvalue weighted by Crippen LogP contribution is 2.35. The summed E-state index contributed by atoms with van der Waals surface area (Å²) in [5.41, 5.74) is 3.74. The van der Waals surface area contributed by atoms with E-state index in [1.165, 1.54) is 6.20 Å². The number of rotatable bonds is 6. The van der Waals surface area contributed by atoms with Crippen LogP contribution < -0.4 is 11.1 Å². The van der Waals surface area contributed by atoms with Crippen molar-refractivity contribution in [2.45, 2.75) is 25.4 Å². The fraction of sp³-hybridized carbons (Fsp3) is 0.222. The van der Waals surface area contributed by atoms with E-state index in [1.54, 1.807) is 6.92 Å². The van der Waals surface area contributed by atoms with Gasteiger partial charge in [0.15, 0.2) is 17.4 Å². The minimum atomic E-state index is -4.72. The molecule has 0 saturated carbocycles. The number of nitrogens with one attached hydrogen (secondary N) is 1. The minimum absolute atomic E-state index is 0.0714. The second-order valence-corrected chi connectivity index (χ2v) is 7.98. The first-order valence-corrected chi connectivity index (χ1v) is 9.95. The van der Waals surface area contributed by atoms with Crippen molar-refractivity contribution in [1.29, 1.82) is 0 Å². The number of thiazole rings is 1. The molecule has 0 aliphatic carbocycles. The molecule has 0 fully saturated rings. The highest BCUT2D eigenvalue weighted by Gasteiger charge is 2.34. The van der Waals surface area contributed by atoms with E-state index < -0.39 is 51.7 Å². The number of pyridine rings is 1. The van der Waals surface area contributed by atoms with Crippen molar-refractivity contribution in [2.24, 2.45) is 0 Å². The number of aromatic nitrogens is 4. The summed E-state index contributed by atoms with van der Waals surface area (Å²) in [5, 5.41) is 2.02. The monoisotopic (exact) mass is 488 g/mol. The Bertz CT molecular complexity index is 1190. The molecule has 168 valence electrons. The van der Waals surface area contributed by atoms with Crippen LogP contribution in [0.3, 0.4) is 0 Å². The predicted octanol–water partition coefficient (Wildman–Crippen LogP) is 4.35. The van der Waals surface area contributed by atoms with Crippen LogP contribution in [0.15, 0.2) is 24.8 Å². The van der Waals surface area contributed by atoms with Gasteiger partial charge in [-0.2, -0.15) is 13.2 Å². The van der Waals surface area contributed by atoms with Crippen molar-refractivity contribution in [3.05, 3.63) is 56.8 Å². The van der Waals surface area contributed by atoms with E-state index in [0.717, 1.165) is 23.9 Å². The Labute approximate surface area is 186 Å². The molecule has 14 heteroatoms. The molecule has 0 aliphatic rings. The Kier molecular flexibility index (Phi) is 6.69. The first-order chi connectivity index (χ1) is 15.0. The number of hydrogen-bond donors (Lipinski definition) is 2. The minimum Gasteiger partial charge on any atom is -0.381 e. The number of alkyl halides is 3. The number of carbonyl (C=O) groups is 2. The Morgan fingerprint density at radius 2 is 1.94 bits per heavy atom. The first kappa shape index (κ1) is 23.5. The van der Waals surface area contributed by atoms with Crippen LogP contribution in [0.25, 0.3) is 0 Å². The van der Waals surface area contributed by atoms with Crippen molar-refractivity contribution >= 4 is 46.3 Å². The number of hydrogen-bond acceptors (Lipinski definition) is 8. The number of ketones is 1. The molecule has 32 heavy (non-hydrogen) atoms. The lowest BCUT2D eigenvalue weighted by Gasteiger charge is -2.10. The van der Waals surface area contributed by atoms with E-state index in [0.29, 0.717) is 11.1 Å². The molecule has 3 aromatic heterocycles. The van der Waals surface area contributed by atoms with Crippen LogP contribution in [0.4, 0.5) is 29.2 Å². The summed E-state index contributed by atoms with van der Waals surface area (Å²) >= 11 is 6.43. The number of halogens is 5. The van der Waals surface area contributed by atoms with Crippen molar-refractivity contribution < 1.29 is 27.2 Å². The largest absolute Gasteiger partial charge is 0.418 e. The molecule has 0 aromatic carbocycles. The fourth-order valence-electron chi connectivity index (χ4n) is 2.56. The second-order valence-electron chi connectivity index (χ2n) is 6.51. The third kappa shape index (κ3) is 5.16. The number of Topliss-reactive ketones (excluding diaryl/α,β-unsaturated/α-hetero) is 1. The lowest BCUT2D eigenvalue weighted by atomic mass is 10.0. The van der Waals surface area contributed by atoms with Gasteiger partial charge in [-0.15, -0.1) is 11.3 Å². The van der Waals surface area contributed by atoms with Gasteiger partial charge in [0, 0.05) is 18.5 Å². The van der Waals surface area contributed by atoms with Crippen molar-refractivity contribution in [3.8, 4) is 0 Å². The van der Waals surface area contributed by atoms with E-state index in [9.17, 15) is 27.2 Å². The molecule has 0 aliphatic heterocycles. The smallest absolute Gasteiger partial charge is 0.381 e. The Morgan fingerprint density at radius 1 is 1.22 bits per heavy atom. The lowest BCUT2D eigenvalue weighted by Crippen LogP contribution is -2.13. The zero-order valence-electron chi connectivity index (χ0n) is 16.1. The van der Waals surface area contributed by atoms with Gasteiger partial charge in [-0.3, -0.25) is 9.59 Å². The number of nitrogens with zero attached hydrogens (tertiary/aromatic N) is 4. The molecular formula is C18H13ClF4N6O2S. The summed E-state index contributed by atoms with van der Waals surface area (Å²) in [4.78, 5) is 39.6. The van der Waals surface area contributed by atoms with Gasteiger partial charge in [-0.25, -0.2) is 24.3 Å². The zero-order chi connectivity index (χ0) is 23.6. The van der Waals surface area contributed by atoms with E-state index in [1.807, 2.05) is 0 Å². The molecule has 3 heterocycles. The molecule has 0 spiro atoms. The first-order valence-electron chi connectivity index (χ1n) is 8.76. The zero-order valence-corrected chi connectivity index (χ0v) is 17.6. The topological polar surface area (TPSA) is 124 Å². The van der Waals surface area contributed by atoms with E-state index in [2.05, 4.69) is 25.3 Å². The van der Waals surface area contributed by atoms with Crippen LogP contribution in [-0.4, -0.2) is 31.6 Å². The molecule has 3 N–H and O–H groups in total. The number of nitrogens with two attached hydrogens (primary N) is 1.